The number of benzene rings is 1. The number of urea groups is 1. The number of hydrogen-bond acceptors (Lipinski definition) is 5. The molecule has 1 saturated heterocycles. The maximum absolute atomic E-state index is 14.8. The van der Waals surface area contributed by atoms with Gasteiger partial charge < -0.3 is 5.32 Å². The molecule has 2 fully saturated rings. The normalized spacial score (nSPS) is 22.2. The molecule has 9 nitrogen and oxygen atoms in total. The van der Waals surface area contributed by atoms with E-state index in [0.717, 1.165) is 16.9 Å². The lowest BCUT2D eigenvalue weighted by Gasteiger charge is -2.22. The highest BCUT2D eigenvalue weighted by molar-refractivity contribution is 6.00. The molecule has 36 heavy (non-hydrogen) atoms. The van der Waals surface area contributed by atoms with Crippen LogP contribution in [-0.2, 0) is 11.3 Å². The first-order valence-electron chi connectivity index (χ1n) is 10.9. The summed E-state index contributed by atoms with van der Waals surface area (Å²) in [4.78, 5) is 27.9. The summed E-state index contributed by atoms with van der Waals surface area (Å²) in [6, 6.07) is 3.71. The number of aromatic nitrogens is 5. The van der Waals surface area contributed by atoms with Gasteiger partial charge in [0.15, 0.2) is 5.65 Å². The maximum atomic E-state index is 14.8. The fourth-order valence-electron chi connectivity index (χ4n) is 4.77. The summed E-state index contributed by atoms with van der Waals surface area (Å²) in [5, 5.41) is 12.5. The standard InChI is InChI=1S/C22H16F5N7O2/c23-15-1-9(2-17-13(15)6-30-33(17)8-22(25,26)27)10-3-11(10)12-4-16(14-5-29-21(36)31-20(14)35)32-34-18(24)7-28-19(12)34/h1-2,4,6-7,10-11,14H,3,5,8H2,(H2,29,31,35,36)/t10-,11+,14?/m1/s1. The Morgan fingerprint density at radius 2 is 1.89 bits per heavy atom. The molecule has 1 saturated carbocycles. The molecule has 1 aliphatic heterocycles. The number of alkyl halides is 3. The molecular formula is C22H16F5N7O2. The minimum absolute atomic E-state index is 0.0190. The molecular weight excluding hydrogens is 489 g/mol. The minimum atomic E-state index is -4.53. The first-order valence-corrected chi connectivity index (χ1v) is 10.9. The predicted molar refractivity (Wildman–Crippen MR) is 113 cm³/mol. The van der Waals surface area contributed by atoms with Crippen LogP contribution in [0.5, 0.6) is 0 Å². The van der Waals surface area contributed by atoms with Crippen LogP contribution in [0.3, 0.4) is 0 Å². The van der Waals surface area contributed by atoms with Gasteiger partial charge in [-0.15, -0.1) is 0 Å². The minimum Gasteiger partial charge on any atom is -0.337 e. The number of imide groups is 1. The summed E-state index contributed by atoms with van der Waals surface area (Å²) in [6.45, 7) is -1.38. The van der Waals surface area contributed by atoms with Crippen LogP contribution >= 0.6 is 0 Å². The van der Waals surface area contributed by atoms with Crippen LogP contribution in [0, 0.1) is 11.8 Å². The number of nitrogens with zero attached hydrogens (tertiary/aromatic N) is 5. The zero-order valence-electron chi connectivity index (χ0n) is 18.2. The predicted octanol–water partition coefficient (Wildman–Crippen LogP) is 3.11. The Kier molecular flexibility index (Phi) is 4.78. The van der Waals surface area contributed by atoms with Crippen molar-refractivity contribution in [3.05, 3.63) is 59.2 Å². The van der Waals surface area contributed by atoms with Gasteiger partial charge in [0, 0.05) is 12.1 Å². The van der Waals surface area contributed by atoms with E-state index in [1.165, 1.54) is 12.1 Å². The second-order valence-electron chi connectivity index (χ2n) is 8.89. The van der Waals surface area contributed by atoms with E-state index in [9.17, 15) is 31.5 Å². The number of carbonyl (C=O) groups is 2. The second-order valence-corrected chi connectivity index (χ2v) is 8.89. The Balaban J connectivity index is 1.38. The fourth-order valence-corrected chi connectivity index (χ4v) is 4.77. The summed E-state index contributed by atoms with van der Waals surface area (Å²) < 4.78 is 69.7. The lowest BCUT2D eigenvalue weighted by molar-refractivity contribution is -0.141. The molecule has 3 aromatic heterocycles. The van der Waals surface area contributed by atoms with Crippen molar-refractivity contribution < 1.29 is 31.5 Å². The van der Waals surface area contributed by atoms with Crippen LogP contribution in [0.4, 0.5) is 26.7 Å². The van der Waals surface area contributed by atoms with E-state index in [1.807, 2.05) is 0 Å². The summed E-state index contributed by atoms with van der Waals surface area (Å²) >= 11 is 0. The van der Waals surface area contributed by atoms with Crippen molar-refractivity contribution in [1.82, 2.24) is 35.0 Å². The van der Waals surface area contributed by atoms with Crippen molar-refractivity contribution >= 4 is 28.5 Å². The summed E-state index contributed by atoms with van der Waals surface area (Å²) in [5.41, 5.74) is 1.48. The van der Waals surface area contributed by atoms with E-state index < -0.39 is 42.3 Å². The van der Waals surface area contributed by atoms with Crippen molar-refractivity contribution in [3.8, 4) is 0 Å². The molecule has 14 heteroatoms. The van der Waals surface area contributed by atoms with Crippen molar-refractivity contribution in [2.45, 2.75) is 36.9 Å². The van der Waals surface area contributed by atoms with Crippen LogP contribution in [-0.4, -0.2) is 49.0 Å². The molecule has 0 bridgehead atoms. The molecule has 6 rings (SSSR count). The van der Waals surface area contributed by atoms with Gasteiger partial charge in [0.05, 0.1) is 34.9 Å². The van der Waals surface area contributed by atoms with Gasteiger partial charge in [0.1, 0.15) is 12.4 Å². The van der Waals surface area contributed by atoms with Crippen LogP contribution in [0.1, 0.15) is 41.0 Å². The molecule has 3 atom stereocenters. The highest BCUT2D eigenvalue weighted by Gasteiger charge is 2.43. The highest BCUT2D eigenvalue weighted by Crippen LogP contribution is 2.56. The number of amides is 3. The van der Waals surface area contributed by atoms with Crippen LogP contribution < -0.4 is 10.6 Å². The van der Waals surface area contributed by atoms with Crippen LogP contribution in [0.2, 0.25) is 0 Å². The molecule has 4 heterocycles. The first-order chi connectivity index (χ1) is 17.1. The SMILES string of the molecule is O=C1NCC(c2cc([C@H]3C[C@@H]3c3cc(F)c4cnn(CC(F)(F)F)c4c3)c3ncc(F)n3n2)C(=O)N1. The van der Waals surface area contributed by atoms with E-state index >= 15 is 0 Å². The van der Waals surface area contributed by atoms with Crippen molar-refractivity contribution in [2.75, 3.05) is 6.54 Å². The van der Waals surface area contributed by atoms with Crippen molar-refractivity contribution in [3.63, 3.8) is 0 Å². The molecule has 2 N–H and O–H groups in total. The summed E-state index contributed by atoms with van der Waals surface area (Å²) in [6.07, 6.45) is -1.98. The van der Waals surface area contributed by atoms with Gasteiger partial charge in [-0.25, -0.2) is 14.2 Å². The largest absolute Gasteiger partial charge is 0.408 e. The summed E-state index contributed by atoms with van der Waals surface area (Å²) in [7, 11) is 0. The first kappa shape index (κ1) is 22.4. The van der Waals surface area contributed by atoms with E-state index in [0.29, 0.717) is 22.2 Å². The molecule has 0 radical (unpaired) electrons. The quantitative estimate of drug-likeness (QED) is 0.415. The maximum Gasteiger partial charge on any atom is 0.408 e. The molecule has 186 valence electrons. The lowest BCUT2D eigenvalue weighted by atomic mass is 9.98. The fraction of sp³-hybridized carbons (Fsp3) is 0.318. The number of fused-ring (bicyclic) bond motifs is 2. The van der Waals surface area contributed by atoms with Crippen LogP contribution in [0.15, 0.2) is 30.6 Å². The van der Waals surface area contributed by atoms with Crippen LogP contribution in [0.25, 0.3) is 16.6 Å². The van der Waals surface area contributed by atoms with Gasteiger partial charge in [-0.1, -0.05) is 0 Å². The number of carbonyl (C=O) groups excluding carboxylic acids is 2. The van der Waals surface area contributed by atoms with Crippen molar-refractivity contribution in [1.29, 1.82) is 0 Å². The molecule has 3 amide bonds. The number of hydrogen-bond donors (Lipinski definition) is 2. The Hall–Kier alpha value is -4.10. The number of rotatable bonds is 4. The molecule has 0 spiro atoms. The number of nitrogens with one attached hydrogen (secondary N) is 2. The lowest BCUT2D eigenvalue weighted by Crippen LogP contribution is -2.51. The Bertz CT molecular complexity index is 1560. The third kappa shape index (κ3) is 3.72. The van der Waals surface area contributed by atoms with E-state index in [4.69, 9.17) is 0 Å². The van der Waals surface area contributed by atoms with Crippen molar-refractivity contribution in [2.24, 2.45) is 0 Å². The molecule has 4 aromatic rings. The topological polar surface area (TPSA) is 106 Å². The average molecular weight is 505 g/mol. The Labute approximate surface area is 198 Å². The van der Waals surface area contributed by atoms with E-state index in [-0.39, 0.29) is 40.6 Å². The molecule has 1 aromatic carbocycles. The zero-order chi connectivity index (χ0) is 25.4. The van der Waals surface area contributed by atoms with Gasteiger partial charge in [-0.05, 0) is 42.0 Å². The smallest absolute Gasteiger partial charge is 0.337 e. The van der Waals surface area contributed by atoms with Gasteiger partial charge in [0.25, 0.3) is 0 Å². The molecule has 1 unspecified atom stereocenters. The van der Waals surface area contributed by atoms with Gasteiger partial charge in [-0.2, -0.15) is 32.3 Å². The van der Waals surface area contributed by atoms with E-state index in [1.54, 1.807) is 6.07 Å². The summed E-state index contributed by atoms with van der Waals surface area (Å²) in [5.74, 6) is -3.45. The Morgan fingerprint density at radius 3 is 2.64 bits per heavy atom. The Morgan fingerprint density at radius 1 is 1.08 bits per heavy atom. The second kappa shape index (κ2) is 7.70. The third-order valence-corrected chi connectivity index (χ3v) is 6.53. The monoisotopic (exact) mass is 505 g/mol. The zero-order valence-corrected chi connectivity index (χ0v) is 18.2. The van der Waals surface area contributed by atoms with Gasteiger partial charge in [0.2, 0.25) is 11.9 Å². The van der Waals surface area contributed by atoms with Gasteiger partial charge in [-0.3, -0.25) is 14.8 Å². The number of imidazole rings is 1. The third-order valence-electron chi connectivity index (χ3n) is 6.53. The molecule has 2 aliphatic rings. The van der Waals surface area contributed by atoms with E-state index in [2.05, 4.69) is 25.8 Å². The number of halogens is 5. The van der Waals surface area contributed by atoms with Gasteiger partial charge >= 0.3 is 12.2 Å². The molecule has 1 aliphatic carbocycles. The average Bonchev–Trinajstić information content (AvgIpc) is 3.38. The highest BCUT2D eigenvalue weighted by atomic mass is 19.4.